The highest BCUT2D eigenvalue weighted by molar-refractivity contribution is 6.17. The normalized spacial score (nSPS) is 28.3. The van der Waals surface area contributed by atoms with E-state index in [1.165, 1.54) is 24.8 Å². The van der Waals surface area contributed by atoms with Gasteiger partial charge in [0.2, 0.25) is 0 Å². The van der Waals surface area contributed by atoms with Crippen LogP contribution in [0.3, 0.4) is 0 Å². The van der Waals surface area contributed by atoms with Crippen LogP contribution in [0, 0.1) is 23.2 Å². The summed E-state index contributed by atoms with van der Waals surface area (Å²) in [7, 11) is 0. The minimum atomic E-state index is 0.0255. The lowest BCUT2D eigenvalue weighted by Crippen LogP contribution is -2.30. The number of nitrogens with zero attached hydrogens (tertiary/aromatic N) is 1. The first kappa shape index (κ1) is 20.2. The van der Waals surface area contributed by atoms with Crippen LogP contribution >= 0.6 is 11.6 Å². The van der Waals surface area contributed by atoms with E-state index in [4.69, 9.17) is 21.6 Å². The van der Waals surface area contributed by atoms with Gasteiger partial charge >= 0.3 is 5.97 Å². The molecular weight excluding hydrogens is 358 g/mol. The summed E-state index contributed by atoms with van der Waals surface area (Å²) in [5, 5.41) is 8.92. The predicted octanol–water partition coefficient (Wildman–Crippen LogP) is 5.95. The van der Waals surface area contributed by atoms with Crippen molar-refractivity contribution in [3.63, 3.8) is 0 Å². The maximum absolute atomic E-state index is 12.6. The molecule has 0 N–H and O–H groups in total. The molecule has 27 heavy (non-hydrogen) atoms. The molecule has 0 bridgehead atoms. The van der Waals surface area contributed by atoms with Crippen molar-refractivity contribution in [1.29, 1.82) is 5.26 Å². The number of halogens is 1. The van der Waals surface area contributed by atoms with Crippen molar-refractivity contribution in [2.75, 3.05) is 5.88 Å². The second kappa shape index (κ2) is 10.1. The van der Waals surface area contributed by atoms with Crippen LogP contribution in [0.15, 0.2) is 24.3 Å². The monoisotopic (exact) mass is 387 g/mol. The van der Waals surface area contributed by atoms with Crippen molar-refractivity contribution in [1.82, 2.24) is 0 Å². The molecule has 2 saturated carbocycles. The van der Waals surface area contributed by atoms with Crippen LogP contribution in [-0.4, -0.2) is 18.0 Å². The van der Waals surface area contributed by atoms with Gasteiger partial charge in [0.05, 0.1) is 17.6 Å². The third-order valence-electron chi connectivity index (χ3n) is 6.39. The molecule has 1 aromatic rings. The second-order valence-corrected chi connectivity index (χ2v) is 8.57. The first-order valence-corrected chi connectivity index (χ1v) is 11.0. The molecule has 2 fully saturated rings. The highest BCUT2D eigenvalue weighted by atomic mass is 35.5. The third-order valence-corrected chi connectivity index (χ3v) is 6.66. The molecule has 0 atom stereocenters. The maximum atomic E-state index is 12.6. The zero-order valence-electron chi connectivity index (χ0n) is 16.0. The van der Waals surface area contributed by atoms with Gasteiger partial charge in [-0.25, -0.2) is 0 Å². The topological polar surface area (TPSA) is 50.1 Å². The predicted molar refractivity (Wildman–Crippen MR) is 108 cm³/mol. The molecule has 2 aliphatic rings. The van der Waals surface area contributed by atoms with E-state index in [1.807, 2.05) is 12.1 Å². The Labute approximate surface area is 168 Å². The molecule has 3 rings (SSSR count). The fraction of sp³-hybridized carbons (Fsp3) is 0.652. The number of esters is 1. The van der Waals surface area contributed by atoms with Gasteiger partial charge in [-0.2, -0.15) is 5.26 Å². The van der Waals surface area contributed by atoms with Crippen LogP contribution < -0.4 is 0 Å². The smallest absolute Gasteiger partial charge is 0.309 e. The molecule has 146 valence electrons. The van der Waals surface area contributed by atoms with Crippen molar-refractivity contribution in [2.24, 2.45) is 11.8 Å². The van der Waals surface area contributed by atoms with Crippen LogP contribution in [0.5, 0.6) is 0 Å². The van der Waals surface area contributed by atoms with E-state index >= 15 is 0 Å². The Hall–Kier alpha value is -1.53. The Morgan fingerprint density at radius 1 is 1.04 bits per heavy atom. The molecule has 1 aromatic carbocycles. The summed E-state index contributed by atoms with van der Waals surface area (Å²) in [6, 6.07) is 10.1. The summed E-state index contributed by atoms with van der Waals surface area (Å²) < 4.78 is 5.85. The second-order valence-electron chi connectivity index (χ2n) is 8.19. The Morgan fingerprint density at radius 3 is 2.30 bits per heavy atom. The van der Waals surface area contributed by atoms with Gasteiger partial charge < -0.3 is 4.74 Å². The molecule has 0 aliphatic heterocycles. The van der Waals surface area contributed by atoms with Crippen LogP contribution in [0.4, 0.5) is 0 Å². The molecule has 2 aliphatic carbocycles. The van der Waals surface area contributed by atoms with E-state index in [0.29, 0.717) is 11.5 Å². The van der Waals surface area contributed by atoms with Crippen LogP contribution in [-0.2, 0) is 9.53 Å². The van der Waals surface area contributed by atoms with Gasteiger partial charge in [-0.05, 0) is 93.7 Å². The van der Waals surface area contributed by atoms with E-state index in [0.717, 1.165) is 56.7 Å². The van der Waals surface area contributed by atoms with Gasteiger partial charge in [-0.15, -0.1) is 11.6 Å². The van der Waals surface area contributed by atoms with Crippen molar-refractivity contribution >= 4 is 17.6 Å². The first-order chi connectivity index (χ1) is 13.2. The number of carbonyl (C=O) groups excluding carboxylic acids is 1. The molecule has 0 amide bonds. The van der Waals surface area contributed by atoms with Gasteiger partial charge in [-0.1, -0.05) is 12.1 Å². The fourth-order valence-corrected chi connectivity index (χ4v) is 4.81. The zero-order chi connectivity index (χ0) is 19.1. The lowest BCUT2D eigenvalue weighted by atomic mass is 9.78. The van der Waals surface area contributed by atoms with E-state index < -0.39 is 0 Å². The lowest BCUT2D eigenvalue weighted by molar-refractivity contribution is -0.157. The number of rotatable bonds is 6. The van der Waals surface area contributed by atoms with Gasteiger partial charge in [0.15, 0.2) is 0 Å². The van der Waals surface area contributed by atoms with Crippen molar-refractivity contribution in [3.05, 3.63) is 35.4 Å². The quantitative estimate of drug-likeness (QED) is 0.447. The molecule has 0 unspecified atom stereocenters. The number of nitriles is 1. The van der Waals surface area contributed by atoms with Gasteiger partial charge in [0.25, 0.3) is 0 Å². The Kier molecular flexibility index (Phi) is 7.59. The minimum absolute atomic E-state index is 0.0255. The Morgan fingerprint density at radius 2 is 1.70 bits per heavy atom. The van der Waals surface area contributed by atoms with Crippen LogP contribution in [0.1, 0.15) is 81.3 Å². The summed E-state index contributed by atoms with van der Waals surface area (Å²) in [6.07, 6.45) is 10.7. The van der Waals surface area contributed by atoms with E-state index in [2.05, 4.69) is 18.2 Å². The largest absolute Gasteiger partial charge is 0.462 e. The highest BCUT2D eigenvalue weighted by Gasteiger charge is 2.31. The van der Waals surface area contributed by atoms with Crippen molar-refractivity contribution in [2.45, 2.75) is 76.2 Å². The van der Waals surface area contributed by atoms with Gasteiger partial charge in [0, 0.05) is 5.88 Å². The Bertz CT molecular complexity index is 635. The Balaban J connectivity index is 1.40. The molecule has 0 saturated heterocycles. The highest BCUT2D eigenvalue weighted by Crippen LogP contribution is 2.37. The minimum Gasteiger partial charge on any atom is -0.462 e. The van der Waals surface area contributed by atoms with Crippen LogP contribution in [0.25, 0.3) is 0 Å². The summed E-state index contributed by atoms with van der Waals surface area (Å²) >= 11 is 5.79. The van der Waals surface area contributed by atoms with E-state index in [-0.39, 0.29) is 18.0 Å². The van der Waals surface area contributed by atoms with Gasteiger partial charge in [-0.3, -0.25) is 4.79 Å². The lowest BCUT2D eigenvalue weighted by Gasteiger charge is -2.31. The van der Waals surface area contributed by atoms with Crippen LogP contribution in [0.2, 0.25) is 0 Å². The first-order valence-electron chi connectivity index (χ1n) is 10.5. The number of benzene rings is 1. The van der Waals surface area contributed by atoms with Crippen molar-refractivity contribution in [3.8, 4) is 6.07 Å². The van der Waals surface area contributed by atoms with Gasteiger partial charge in [0.1, 0.15) is 6.10 Å². The standard InChI is InChI=1S/C23H30ClNO2/c24-15-1-2-17-5-13-22(14-6-17)27-23(26)21-11-9-20(10-12-21)19-7-3-18(16-25)4-8-19/h3-4,7-8,17,20-22H,1-2,5-6,9-15H2/t17-,20-,21-,22-. The molecule has 3 nitrogen and oxygen atoms in total. The number of alkyl halides is 1. The summed E-state index contributed by atoms with van der Waals surface area (Å²) in [4.78, 5) is 12.6. The SMILES string of the molecule is N#Cc1ccc([C@H]2CC[C@H](C(=O)O[C@H]3CC[C@H](CCCCl)CC3)CC2)cc1. The number of hydrogen-bond acceptors (Lipinski definition) is 3. The zero-order valence-corrected chi connectivity index (χ0v) is 16.8. The third kappa shape index (κ3) is 5.72. The molecule has 0 heterocycles. The maximum Gasteiger partial charge on any atom is 0.309 e. The molecule has 0 aromatic heterocycles. The summed E-state index contributed by atoms with van der Waals surface area (Å²) in [5.74, 6) is 2.10. The number of hydrogen-bond donors (Lipinski definition) is 0. The number of carbonyl (C=O) groups is 1. The average molecular weight is 388 g/mol. The summed E-state index contributed by atoms with van der Waals surface area (Å²) in [5.41, 5.74) is 1.99. The molecule has 0 spiro atoms. The average Bonchev–Trinajstić information content (AvgIpc) is 2.73. The molecular formula is C23H30ClNO2. The molecule has 4 heteroatoms. The van der Waals surface area contributed by atoms with Crippen molar-refractivity contribution < 1.29 is 9.53 Å². The number of ether oxygens (including phenoxy) is 1. The summed E-state index contributed by atoms with van der Waals surface area (Å²) in [6.45, 7) is 0. The van der Waals surface area contributed by atoms with E-state index in [9.17, 15) is 4.79 Å². The van der Waals surface area contributed by atoms with E-state index in [1.54, 1.807) is 0 Å². The molecule has 0 radical (unpaired) electrons. The fourth-order valence-electron chi connectivity index (χ4n) is 4.66.